The zero-order valence-electron chi connectivity index (χ0n) is 10.1. The van der Waals surface area contributed by atoms with Crippen LogP contribution in [-0.2, 0) is 14.3 Å². The van der Waals surface area contributed by atoms with Gasteiger partial charge in [0.1, 0.15) is 12.6 Å². The number of rotatable bonds is 5. The number of ketones is 1. The highest BCUT2D eigenvalue weighted by atomic mass is 16.5. The first-order valence-electron chi connectivity index (χ1n) is 5.91. The predicted octanol–water partition coefficient (Wildman–Crippen LogP) is 0.847. The zero-order chi connectivity index (χ0) is 11.9. The van der Waals surface area contributed by atoms with Crippen molar-refractivity contribution >= 4 is 11.7 Å². The summed E-state index contributed by atoms with van der Waals surface area (Å²) in [6.45, 7) is 3.88. The lowest BCUT2D eigenvalue weighted by molar-refractivity contribution is -0.132. The normalized spacial score (nSPS) is 28.4. The molecule has 1 heterocycles. The van der Waals surface area contributed by atoms with E-state index in [9.17, 15) is 9.59 Å². The zero-order valence-corrected chi connectivity index (χ0v) is 10.1. The van der Waals surface area contributed by atoms with Gasteiger partial charge in [0.05, 0.1) is 6.04 Å². The Kier molecular flexibility index (Phi) is 3.02. The molecule has 90 valence electrons. The lowest BCUT2D eigenvalue weighted by Gasteiger charge is -2.07. The van der Waals surface area contributed by atoms with Gasteiger partial charge in [0, 0.05) is 13.0 Å². The quantitative estimate of drug-likeness (QED) is 0.652. The average Bonchev–Trinajstić information content (AvgIpc) is 3.08. The molecule has 1 saturated heterocycles. The lowest BCUT2D eigenvalue weighted by atomic mass is 10.2. The summed E-state index contributed by atoms with van der Waals surface area (Å²) in [6.07, 6.45) is 2.31. The standard InChI is InChI=1S/C12H19NO3/c1-7(2)12(15)13-10(8-4-5-8)11(13)9(14)6-16-3/h7-8,10-11H,4-6H2,1-3H3/t10-,11-,13?/m0/s1. The van der Waals surface area contributed by atoms with Gasteiger partial charge in [0.2, 0.25) is 5.91 Å². The molecule has 1 aliphatic heterocycles. The average molecular weight is 225 g/mol. The summed E-state index contributed by atoms with van der Waals surface area (Å²) in [5.74, 6) is 0.690. The van der Waals surface area contributed by atoms with Gasteiger partial charge in [-0.15, -0.1) is 0 Å². The molecule has 0 N–H and O–H groups in total. The fraction of sp³-hybridized carbons (Fsp3) is 0.833. The largest absolute Gasteiger partial charge is 0.377 e. The van der Waals surface area contributed by atoms with E-state index >= 15 is 0 Å². The van der Waals surface area contributed by atoms with Crippen molar-refractivity contribution in [3.63, 3.8) is 0 Å². The van der Waals surface area contributed by atoms with E-state index in [-0.39, 0.29) is 36.3 Å². The minimum Gasteiger partial charge on any atom is -0.377 e. The second-order valence-electron chi connectivity index (χ2n) is 5.07. The summed E-state index contributed by atoms with van der Waals surface area (Å²) in [7, 11) is 1.51. The third-order valence-corrected chi connectivity index (χ3v) is 3.32. The number of carbonyl (C=O) groups excluding carboxylic acids is 2. The summed E-state index contributed by atoms with van der Waals surface area (Å²) in [4.78, 5) is 25.4. The van der Waals surface area contributed by atoms with Crippen LogP contribution in [0.2, 0.25) is 0 Å². The van der Waals surface area contributed by atoms with Crippen molar-refractivity contribution in [3.8, 4) is 0 Å². The minimum absolute atomic E-state index is 0.0263. The fourth-order valence-electron chi connectivity index (χ4n) is 2.33. The van der Waals surface area contributed by atoms with Gasteiger partial charge < -0.3 is 9.64 Å². The van der Waals surface area contributed by atoms with Gasteiger partial charge in [-0.3, -0.25) is 9.59 Å². The molecule has 0 unspecified atom stereocenters. The third kappa shape index (κ3) is 1.98. The van der Waals surface area contributed by atoms with Crippen LogP contribution in [0.3, 0.4) is 0 Å². The molecule has 2 rings (SSSR count). The third-order valence-electron chi connectivity index (χ3n) is 3.32. The van der Waals surface area contributed by atoms with E-state index in [1.165, 1.54) is 7.11 Å². The fourth-order valence-corrected chi connectivity index (χ4v) is 2.33. The van der Waals surface area contributed by atoms with E-state index in [4.69, 9.17) is 4.74 Å². The van der Waals surface area contributed by atoms with E-state index in [2.05, 4.69) is 0 Å². The SMILES string of the molecule is COCC(=O)[C@H]1[C@H](C2CC2)N1C(=O)C(C)C. The molecule has 0 spiro atoms. The molecule has 0 radical (unpaired) electrons. The Hall–Kier alpha value is -0.900. The van der Waals surface area contributed by atoms with Gasteiger partial charge in [-0.1, -0.05) is 13.8 Å². The number of carbonyl (C=O) groups is 2. The topological polar surface area (TPSA) is 46.4 Å². The number of methoxy groups -OCH3 is 1. The molecule has 0 aromatic carbocycles. The van der Waals surface area contributed by atoms with E-state index in [1.807, 2.05) is 13.8 Å². The molecule has 2 aliphatic rings. The maximum absolute atomic E-state index is 11.9. The molecule has 1 saturated carbocycles. The molecule has 16 heavy (non-hydrogen) atoms. The Balaban J connectivity index is 2.01. The van der Waals surface area contributed by atoms with Crippen molar-refractivity contribution in [1.82, 2.24) is 4.90 Å². The first-order valence-corrected chi connectivity index (χ1v) is 5.91. The molecular formula is C12H19NO3. The van der Waals surface area contributed by atoms with Gasteiger partial charge in [-0.25, -0.2) is 0 Å². The number of hydrogen-bond donors (Lipinski definition) is 0. The van der Waals surface area contributed by atoms with Gasteiger partial charge in [0.25, 0.3) is 0 Å². The van der Waals surface area contributed by atoms with Crippen molar-refractivity contribution < 1.29 is 14.3 Å². The van der Waals surface area contributed by atoms with Crippen LogP contribution < -0.4 is 0 Å². The highest BCUT2D eigenvalue weighted by molar-refractivity contribution is 5.96. The first-order chi connectivity index (χ1) is 7.57. The molecule has 0 bridgehead atoms. The Bertz CT molecular complexity index is 309. The van der Waals surface area contributed by atoms with Crippen LogP contribution >= 0.6 is 0 Å². The van der Waals surface area contributed by atoms with Gasteiger partial charge >= 0.3 is 0 Å². The van der Waals surface area contributed by atoms with E-state index in [1.54, 1.807) is 4.90 Å². The van der Waals surface area contributed by atoms with Crippen LogP contribution in [0.1, 0.15) is 26.7 Å². The number of amides is 1. The Morgan fingerprint density at radius 1 is 1.38 bits per heavy atom. The Morgan fingerprint density at radius 3 is 2.44 bits per heavy atom. The second kappa shape index (κ2) is 4.17. The van der Waals surface area contributed by atoms with Crippen LogP contribution in [0.5, 0.6) is 0 Å². The van der Waals surface area contributed by atoms with Crippen molar-refractivity contribution in [3.05, 3.63) is 0 Å². The monoisotopic (exact) mass is 225 g/mol. The molecule has 1 amide bonds. The first kappa shape index (κ1) is 11.6. The summed E-state index contributed by atoms with van der Waals surface area (Å²) < 4.78 is 4.85. The van der Waals surface area contributed by atoms with Crippen molar-refractivity contribution in [1.29, 1.82) is 0 Å². The van der Waals surface area contributed by atoms with Crippen molar-refractivity contribution in [2.75, 3.05) is 13.7 Å². The molecule has 2 fully saturated rings. The number of Topliss-reactive ketones (excluding diaryl/α,β-unsaturated/α-hetero) is 1. The molecule has 4 nitrogen and oxygen atoms in total. The highest BCUT2D eigenvalue weighted by Gasteiger charge is 2.60. The second-order valence-corrected chi connectivity index (χ2v) is 5.07. The summed E-state index contributed by atoms with van der Waals surface area (Å²) in [5, 5.41) is 0. The summed E-state index contributed by atoms with van der Waals surface area (Å²) in [5.41, 5.74) is 0. The molecule has 2 atom stereocenters. The molecule has 0 aromatic heterocycles. The van der Waals surface area contributed by atoms with Crippen LogP contribution in [0, 0.1) is 11.8 Å². The minimum atomic E-state index is -0.192. The van der Waals surface area contributed by atoms with Gasteiger partial charge in [0.15, 0.2) is 5.78 Å². The van der Waals surface area contributed by atoms with Crippen molar-refractivity contribution in [2.24, 2.45) is 11.8 Å². The summed E-state index contributed by atoms with van der Waals surface area (Å²) >= 11 is 0. The molecular weight excluding hydrogens is 206 g/mol. The van der Waals surface area contributed by atoms with Gasteiger partial charge in [-0.05, 0) is 18.8 Å². The Labute approximate surface area is 95.9 Å². The van der Waals surface area contributed by atoms with Crippen LogP contribution in [0.4, 0.5) is 0 Å². The molecule has 1 aliphatic carbocycles. The number of ether oxygens (including phenoxy) is 1. The highest BCUT2D eigenvalue weighted by Crippen LogP contribution is 2.47. The van der Waals surface area contributed by atoms with E-state index in [0.717, 1.165) is 12.8 Å². The number of hydrogen-bond acceptors (Lipinski definition) is 3. The van der Waals surface area contributed by atoms with Crippen LogP contribution in [0.15, 0.2) is 0 Å². The van der Waals surface area contributed by atoms with E-state index in [0.29, 0.717) is 5.92 Å². The van der Waals surface area contributed by atoms with Gasteiger partial charge in [-0.2, -0.15) is 0 Å². The lowest BCUT2D eigenvalue weighted by Crippen LogP contribution is -2.24. The Morgan fingerprint density at radius 2 is 2.00 bits per heavy atom. The van der Waals surface area contributed by atoms with Crippen LogP contribution in [-0.4, -0.2) is 42.4 Å². The van der Waals surface area contributed by atoms with E-state index < -0.39 is 0 Å². The molecule has 0 aromatic rings. The van der Waals surface area contributed by atoms with Crippen molar-refractivity contribution in [2.45, 2.75) is 38.8 Å². The number of nitrogens with zero attached hydrogens (tertiary/aromatic N) is 1. The van der Waals surface area contributed by atoms with Crippen LogP contribution in [0.25, 0.3) is 0 Å². The predicted molar refractivity (Wildman–Crippen MR) is 58.9 cm³/mol. The maximum Gasteiger partial charge on any atom is 0.226 e. The molecule has 4 heteroatoms. The smallest absolute Gasteiger partial charge is 0.226 e. The maximum atomic E-state index is 11.9. The summed E-state index contributed by atoms with van der Waals surface area (Å²) in [6, 6.07) is -0.0140.